The van der Waals surface area contributed by atoms with E-state index < -0.39 is 11.8 Å². The van der Waals surface area contributed by atoms with E-state index >= 15 is 0 Å². The molecule has 162 valence electrons. The number of carbonyl (C=O) groups is 2. The normalized spacial score (nSPS) is 10.7. The molecular formula is C22H20N6O4. The third kappa shape index (κ3) is 4.48. The number of H-pyrrole nitrogens is 1. The Morgan fingerprint density at radius 2 is 1.81 bits per heavy atom. The fourth-order valence-corrected chi connectivity index (χ4v) is 3.08. The Morgan fingerprint density at radius 3 is 2.53 bits per heavy atom. The molecule has 10 heteroatoms. The van der Waals surface area contributed by atoms with Crippen LogP contribution in [0.3, 0.4) is 0 Å². The van der Waals surface area contributed by atoms with Gasteiger partial charge in [0.25, 0.3) is 11.5 Å². The van der Waals surface area contributed by atoms with E-state index in [2.05, 4.69) is 25.9 Å². The average Bonchev–Trinajstić information content (AvgIpc) is 3.26. The van der Waals surface area contributed by atoms with Gasteiger partial charge in [-0.1, -0.05) is 18.2 Å². The van der Waals surface area contributed by atoms with Gasteiger partial charge in [0.1, 0.15) is 17.0 Å². The van der Waals surface area contributed by atoms with Gasteiger partial charge in [-0.25, -0.2) is 9.67 Å². The van der Waals surface area contributed by atoms with Crippen LogP contribution < -0.4 is 21.1 Å². The van der Waals surface area contributed by atoms with E-state index in [0.717, 1.165) is 5.69 Å². The van der Waals surface area contributed by atoms with Crippen molar-refractivity contribution in [1.29, 1.82) is 0 Å². The lowest BCUT2D eigenvalue weighted by molar-refractivity contribution is -0.121. The molecule has 0 atom stereocenters. The number of hydrogen-bond donors (Lipinski definition) is 3. The molecule has 2 heterocycles. The Balaban J connectivity index is 1.39. The highest BCUT2D eigenvalue weighted by Crippen LogP contribution is 2.14. The predicted molar refractivity (Wildman–Crippen MR) is 116 cm³/mol. The summed E-state index contributed by atoms with van der Waals surface area (Å²) in [6, 6.07) is 15.8. The average molecular weight is 432 g/mol. The van der Waals surface area contributed by atoms with Crippen molar-refractivity contribution in [3.05, 3.63) is 82.5 Å². The van der Waals surface area contributed by atoms with E-state index in [9.17, 15) is 14.4 Å². The molecule has 4 aromatic rings. The lowest BCUT2D eigenvalue weighted by Crippen LogP contribution is -2.41. The fraction of sp³-hybridized carbons (Fsp3) is 0.136. The van der Waals surface area contributed by atoms with Gasteiger partial charge in [0.15, 0.2) is 5.65 Å². The second kappa shape index (κ2) is 9.13. The van der Waals surface area contributed by atoms with Crippen LogP contribution >= 0.6 is 0 Å². The summed E-state index contributed by atoms with van der Waals surface area (Å²) in [4.78, 5) is 43.8. The molecule has 0 fully saturated rings. The minimum Gasteiger partial charge on any atom is -0.497 e. The molecule has 2 aromatic heterocycles. The van der Waals surface area contributed by atoms with Crippen molar-refractivity contribution in [2.75, 3.05) is 7.11 Å². The minimum atomic E-state index is -0.458. The van der Waals surface area contributed by atoms with Crippen LogP contribution in [-0.4, -0.2) is 38.7 Å². The Hall–Kier alpha value is -4.47. The summed E-state index contributed by atoms with van der Waals surface area (Å²) in [5.41, 5.74) is 5.92. The van der Waals surface area contributed by atoms with Crippen molar-refractivity contribution in [2.45, 2.75) is 12.8 Å². The first kappa shape index (κ1) is 20.8. The molecule has 2 amide bonds. The molecule has 3 N–H and O–H groups in total. The van der Waals surface area contributed by atoms with Crippen molar-refractivity contribution in [3.8, 4) is 11.4 Å². The molecule has 32 heavy (non-hydrogen) atoms. The number of fused-ring (bicyclic) bond motifs is 1. The number of nitrogens with zero attached hydrogens (tertiary/aromatic N) is 3. The van der Waals surface area contributed by atoms with E-state index in [4.69, 9.17) is 4.74 Å². The first-order valence-electron chi connectivity index (χ1n) is 9.81. The number of carbonyl (C=O) groups excluding carboxylic acids is 2. The van der Waals surface area contributed by atoms with Crippen molar-refractivity contribution in [3.63, 3.8) is 0 Å². The number of methoxy groups -OCH3 is 1. The fourth-order valence-electron chi connectivity index (χ4n) is 3.08. The molecule has 0 aliphatic carbocycles. The van der Waals surface area contributed by atoms with Crippen molar-refractivity contribution in [2.24, 2.45) is 0 Å². The van der Waals surface area contributed by atoms with E-state index in [-0.39, 0.29) is 18.4 Å². The van der Waals surface area contributed by atoms with Crippen LogP contribution in [0, 0.1) is 0 Å². The number of aromatic nitrogens is 4. The molecule has 4 rings (SSSR count). The Morgan fingerprint density at radius 1 is 1.06 bits per heavy atom. The van der Waals surface area contributed by atoms with Crippen molar-refractivity contribution >= 4 is 22.8 Å². The number of para-hydroxylation sites is 1. The van der Waals surface area contributed by atoms with Gasteiger partial charge in [-0.2, -0.15) is 5.10 Å². The maximum Gasteiger partial charge on any atom is 0.269 e. The number of nitrogens with one attached hydrogen (secondary N) is 3. The Labute approximate surface area is 182 Å². The van der Waals surface area contributed by atoms with Gasteiger partial charge < -0.3 is 9.72 Å². The lowest BCUT2D eigenvalue weighted by atomic mass is 10.2. The lowest BCUT2D eigenvalue weighted by Gasteiger charge is -2.08. The topological polar surface area (TPSA) is 131 Å². The zero-order valence-electron chi connectivity index (χ0n) is 17.2. The second-order valence-electron chi connectivity index (χ2n) is 6.87. The molecule has 0 saturated heterocycles. The van der Waals surface area contributed by atoms with E-state index in [0.29, 0.717) is 28.2 Å². The van der Waals surface area contributed by atoms with Crippen LogP contribution in [0.2, 0.25) is 0 Å². The second-order valence-corrected chi connectivity index (χ2v) is 6.87. The molecule has 2 aromatic carbocycles. The smallest absolute Gasteiger partial charge is 0.269 e. The third-order valence-electron chi connectivity index (χ3n) is 4.74. The molecule has 0 spiro atoms. The molecule has 0 saturated carbocycles. The molecule has 0 aliphatic heterocycles. The quantitative estimate of drug-likeness (QED) is 0.396. The Bertz CT molecular complexity index is 1310. The zero-order chi connectivity index (χ0) is 22.5. The van der Waals surface area contributed by atoms with E-state index in [1.807, 2.05) is 30.3 Å². The summed E-state index contributed by atoms with van der Waals surface area (Å²) in [6.07, 6.45) is 1.64. The number of amides is 2. The van der Waals surface area contributed by atoms with Gasteiger partial charge in [0.2, 0.25) is 5.91 Å². The monoisotopic (exact) mass is 432 g/mol. The molecule has 0 bridgehead atoms. The largest absolute Gasteiger partial charge is 0.497 e. The van der Waals surface area contributed by atoms with Gasteiger partial charge in [0.05, 0.1) is 19.0 Å². The molecule has 10 nitrogen and oxygen atoms in total. The number of hydrazine groups is 1. The molecule has 0 unspecified atom stereocenters. The number of aromatic amines is 1. The van der Waals surface area contributed by atoms with Gasteiger partial charge in [-0.3, -0.25) is 25.2 Å². The maximum absolute atomic E-state index is 12.4. The highest BCUT2D eigenvalue weighted by Gasteiger charge is 2.13. The summed E-state index contributed by atoms with van der Waals surface area (Å²) in [7, 11) is 1.53. The maximum atomic E-state index is 12.4. The summed E-state index contributed by atoms with van der Waals surface area (Å²) in [5.74, 6) is 0.0846. The van der Waals surface area contributed by atoms with Gasteiger partial charge in [-0.05, 0) is 36.4 Å². The van der Waals surface area contributed by atoms with Gasteiger partial charge in [0, 0.05) is 18.4 Å². The van der Waals surface area contributed by atoms with Crippen molar-refractivity contribution in [1.82, 2.24) is 30.6 Å². The predicted octanol–water partition coefficient (Wildman–Crippen LogP) is 1.51. The summed E-state index contributed by atoms with van der Waals surface area (Å²) in [5, 5.41) is 4.61. The summed E-state index contributed by atoms with van der Waals surface area (Å²) >= 11 is 0. The molecule has 0 radical (unpaired) electrons. The van der Waals surface area contributed by atoms with Crippen LogP contribution in [0.4, 0.5) is 0 Å². The summed E-state index contributed by atoms with van der Waals surface area (Å²) < 4.78 is 6.62. The van der Waals surface area contributed by atoms with Crippen LogP contribution in [0.5, 0.6) is 5.75 Å². The highest BCUT2D eigenvalue weighted by atomic mass is 16.5. The highest BCUT2D eigenvalue weighted by molar-refractivity contribution is 5.95. The van der Waals surface area contributed by atoms with Crippen LogP contribution in [0.1, 0.15) is 22.6 Å². The number of hydrogen-bond acceptors (Lipinski definition) is 6. The van der Waals surface area contributed by atoms with Gasteiger partial charge in [-0.15, -0.1) is 0 Å². The third-order valence-corrected chi connectivity index (χ3v) is 4.74. The summed E-state index contributed by atoms with van der Waals surface area (Å²) in [6.45, 7) is 0. The molecular weight excluding hydrogens is 412 g/mol. The van der Waals surface area contributed by atoms with Gasteiger partial charge >= 0.3 is 0 Å². The number of rotatable bonds is 6. The Kier molecular flexibility index (Phi) is 5.93. The van der Waals surface area contributed by atoms with Crippen LogP contribution in [0.15, 0.2) is 65.6 Å². The number of benzene rings is 2. The van der Waals surface area contributed by atoms with Crippen LogP contribution in [0.25, 0.3) is 16.7 Å². The van der Waals surface area contributed by atoms with Crippen molar-refractivity contribution < 1.29 is 14.3 Å². The number of aryl methyl sites for hydroxylation is 1. The number of ether oxygens (including phenoxy) is 1. The standard InChI is InChI=1S/C22H20N6O4/c1-32-16-9-7-14(8-10-16)21(30)27-26-19(29)12-11-18-24-20-17(22(31)25-18)13-23-28(20)15-5-3-2-4-6-15/h2-10,13H,11-12H2,1H3,(H,26,29)(H,27,30)(H,24,25,31). The first-order chi connectivity index (χ1) is 15.5. The molecule has 0 aliphatic rings. The minimum absolute atomic E-state index is 0.0107. The zero-order valence-corrected chi connectivity index (χ0v) is 17.2. The van der Waals surface area contributed by atoms with Crippen LogP contribution in [-0.2, 0) is 11.2 Å². The first-order valence-corrected chi connectivity index (χ1v) is 9.81. The van der Waals surface area contributed by atoms with E-state index in [1.165, 1.54) is 13.3 Å². The van der Waals surface area contributed by atoms with E-state index in [1.54, 1.807) is 28.9 Å². The SMILES string of the molecule is COc1ccc(C(=O)NNC(=O)CCc2nc3c(cnn3-c3ccccc3)c(=O)[nH]2)cc1.